The van der Waals surface area contributed by atoms with Crippen LogP contribution in [0.25, 0.3) is 0 Å². The summed E-state index contributed by atoms with van der Waals surface area (Å²) in [5.74, 6) is -1.15. The molecule has 1 heterocycles. The summed E-state index contributed by atoms with van der Waals surface area (Å²) in [6.45, 7) is 1.70. The number of carboxylic acid groups (broad SMARTS) is 1. The number of nitrogens with one attached hydrogen (secondary N) is 2. The smallest absolute Gasteiger partial charge is 0.311 e. The Balaban J connectivity index is 2.11. The van der Waals surface area contributed by atoms with Crippen LogP contribution in [-0.4, -0.2) is 33.2 Å². The first-order valence-corrected chi connectivity index (χ1v) is 6.07. The monoisotopic (exact) mass is 251 g/mol. The number of amides is 1. The number of carbonyl (C=O) groups is 2. The van der Waals surface area contributed by atoms with E-state index in [0.717, 1.165) is 12.8 Å². The summed E-state index contributed by atoms with van der Waals surface area (Å²) in [6.07, 6.45) is 4.61. The zero-order valence-corrected chi connectivity index (χ0v) is 10.3. The van der Waals surface area contributed by atoms with Crippen molar-refractivity contribution in [3.05, 3.63) is 18.0 Å². The Labute approximate surface area is 105 Å². The van der Waals surface area contributed by atoms with Crippen molar-refractivity contribution in [3.8, 4) is 0 Å². The zero-order chi connectivity index (χ0) is 13.2. The molecule has 1 aliphatic rings. The highest BCUT2D eigenvalue weighted by molar-refractivity contribution is 5.92. The molecule has 6 nitrogen and oxygen atoms in total. The van der Waals surface area contributed by atoms with Crippen molar-refractivity contribution >= 4 is 11.9 Å². The summed E-state index contributed by atoms with van der Waals surface area (Å²) in [4.78, 5) is 23.3. The molecule has 0 spiro atoms. The molecule has 1 aromatic rings. The van der Waals surface area contributed by atoms with Crippen molar-refractivity contribution in [2.24, 2.45) is 5.41 Å². The number of aromatic amines is 1. The molecule has 0 radical (unpaired) electrons. The Bertz CT molecular complexity index is 443. The maximum Gasteiger partial charge on any atom is 0.311 e. The number of rotatable bonds is 3. The van der Waals surface area contributed by atoms with Crippen molar-refractivity contribution in [2.75, 3.05) is 0 Å². The van der Waals surface area contributed by atoms with Gasteiger partial charge in [0.05, 0.1) is 5.41 Å². The number of aliphatic carboxylic acids is 1. The van der Waals surface area contributed by atoms with E-state index in [1.807, 2.05) is 0 Å². The van der Waals surface area contributed by atoms with Crippen molar-refractivity contribution in [3.63, 3.8) is 0 Å². The molecule has 1 fully saturated rings. The van der Waals surface area contributed by atoms with Gasteiger partial charge in [0.15, 0.2) is 0 Å². The van der Waals surface area contributed by atoms with Crippen LogP contribution in [0, 0.1) is 5.41 Å². The van der Waals surface area contributed by atoms with E-state index < -0.39 is 11.4 Å². The van der Waals surface area contributed by atoms with Crippen LogP contribution in [0.1, 0.15) is 43.1 Å². The van der Waals surface area contributed by atoms with Gasteiger partial charge in [0, 0.05) is 12.2 Å². The predicted molar refractivity (Wildman–Crippen MR) is 64.1 cm³/mol. The third-order valence-electron chi connectivity index (χ3n) is 3.75. The lowest BCUT2D eigenvalue weighted by Crippen LogP contribution is -2.52. The normalized spacial score (nSPS) is 27.7. The second-order valence-electron chi connectivity index (χ2n) is 4.96. The summed E-state index contributed by atoms with van der Waals surface area (Å²) in [5.41, 5.74) is -0.526. The highest BCUT2D eigenvalue weighted by Crippen LogP contribution is 2.36. The van der Waals surface area contributed by atoms with E-state index in [1.165, 1.54) is 6.20 Å². The number of nitrogens with zero attached hydrogens (tertiary/aromatic N) is 1. The lowest BCUT2D eigenvalue weighted by Gasteiger charge is -2.38. The van der Waals surface area contributed by atoms with Crippen LogP contribution in [-0.2, 0) is 4.79 Å². The lowest BCUT2D eigenvalue weighted by molar-refractivity contribution is -0.151. The van der Waals surface area contributed by atoms with Crippen LogP contribution in [0.3, 0.4) is 0 Å². The van der Waals surface area contributed by atoms with Gasteiger partial charge in [0.2, 0.25) is 0 Å². The molecule has 0 aromatic carbocycles. The fourth-order valence-corrected chi connectivity index (χ4v) is 2.44. The van der Waals surface area contributed by atoms with E-state index >= 15 is 0 Å². The quantitative estimate of drug-likeness (QED) is 0.751. The third kappa shape index (κ3) is 2.23. The molecule has 2 unspecified atom stereocenters. The summed E-state index contributed by atoms with van der Waals surface area (Å²) < 4.78 is 0. The fourth-order valence-electron chi connectivity index (χ4n) is 2.44. The van der Waals surface area contributed by atoms with E-state index in [1.54, 1.807) is 13.0 Å². The molecule has 18 heavy (non-hydrogen) atoms. The Morgan fingerprint density at radius 1 is 1.56 bits per heavy atom. The van der Waals surface area contributed by atoms with Crippen LogP contribution in [0.4, 0.5) is 0 Å². The lowest BCUT2D eigenvalue weighted by atomic mass is 9.71. The van der Waals surface area contributed by atoms with E-state index in [4.69, 9.17) is 0 Å². The van der Waals surface area contributed by atoms with Crippen LogP contribution < -0.4 is 5.32 Å². The summed E-state index contributed by atoms with van der Waals surface area (Å²) >= 11 is 0. The Hall–Kier alpha value is -1.85. The molecule has 0 saturated heterocycles. The number of hydrogen-bond donors (Lipinski definition) is 3. The number of hydrogen-bond acceptors (Lipinski definition) is 3. The first kappa shape index (κ1) is 12.6. The zero-order valence-electron chi connectivity index (χ0n) is 10.3. The molecule has 6 heteroatoms. The van der Waals surface area contributed by atoms with Gasteiger partial charge in [-0.05, 0) is 25.8 Å². The molecular weight excluding hydrogens is 234 g/mol. The Morgan fingerprint density at radius 2 is 2.33 bits per heavy atom. The largest absolute Gasteiger partial charge is 0.481 e. The summed E-state index contributed by atoms with van der Waals surface area (Å²) in [5, 5.41) is 18.4. The standard InChI is InChI=1S/C12H17N3O3/c1-12(11(17)18)6-3-2-4-9(12)14-10(16)8-5-7-13-15-8/h5,7,9H,2-4,6H2,1H3,(H,13,15)(H,14,16)(H,17,18). The minimum Gasteiger partial charge on any atom is -0.481 e. The van der Waals surface area contributed by atoms with E-state index in [-0.39, 0.29) is 11.9 Å². The molecular formula is C12H17N3O3. The molecule has 2 rings (SSSR count). The summed E-state index contributed by atoms with van der Waals surface area (Å²) in [7, 11) is 0. The van der Waals surface area contributed by atoms with Gasteiger partial charge in [-0.3, -0.25) is 14.7 Å². The van der Waals surface area contributed by atoms with Crippen LogP contribution in [0.15, 0.2) is 12.3 Å². The van der Waals surface area contributed by atoms with E-state index in [9.17, 15) is 14.7 Å². The van der Waals surface area contributed by atoms with Crippen molar-refractivity contribution in [1.29, 1.82) is 0 Å². The van der Waals surface area contributed by atoms with Gasteiger partial charge in [0.1, 0.15) is 5.69 Å². The molecule has 98 valence electrons. The van der Waals surface area contributed by atoms with Gasteiger partial charge < -0.3 is 10.4 Å². The summed E-state index contributed by atoms with van der Waals surface area (Å²) in [6, 6.07) is 1.23. The van der Waals surface area contributed by atoms with Crippen LogP contribution >= 0.6 is 0 Å². The Morgan fingerprint density at radius 3 is 2.94 bits per heavy atom. The van der Waals surface area contributed by atoms with Crippen LogP contribution in [0.2, 0.25) is 0 Å². The third-order valence-corrected chi connectivity index (χ3v) is 3.75. The molecule has 0 aliphatic heterocycles. The predicted octanol–water partition coefficient (Wildman–Crippen LogP) is 1.17. The van der Waals surface area contributed by atoms with Gasteiger partial charge in [-0.25, -0.2) is 0 Å². The maximum absolute atomic E-state index is 11.9. The van der Waals surface area contributed by atoms with Crippen molar-refractivity contribution in [2.45, 2.75) is 38.6 Å². The number of aromatic nitrogens is 2. The maximum atomic E-state index is 11.9. The Kier molecular flexibility index (Phi) is 3.36. The van der Waals surface area contributed by atoms with Gasteiger partial charge in [-0.15, -0.1) is 0 Å². The molecule has 1 aliphatic carbocycles. The molecule has 2 atom stereocenters. The van der Waals surface area contributed by atoms with Crippen molar-refractivity contribution in [1.82, 2.24) is 15.5 Å². The van der Waals surface area contributed by atoms with E-state index in [2.05, 4.69) is 15.5 Å². The average Bonchev–Trinajstić information content (AvgIpc) is 2.85. The first-order chi connectivity index (χ1) is 8.54. The van der Waals surface area contributed by atoms with Crippen LogP contribution in [0.5, 0.6) is 0 Å². The van der Waals surface area contributed by atoms with Gasteiger partial charge in [-0.1, -0.05) is 12.8 Å². The molecule has 1 saturated carbocycles. The molecule has 1 amide bonds. The highest BCUT2D eigenvalue weighted by atomic mass is 16.4. The van der Waals surface area contributed by atoms with Gasteiger partial charge in [0.25, 0.3) is 5.91 Å². The second kappa shape index (κ2) is 4.80. The molecule has 0 bridgehead atoms. The van der Waals surface area contributed by atoms with Crippen molar-refractivity contribution < 1.29 is 14.7 Å². The molecule has 1 aromatic heterocycles. The first-order valence-electron chi connectivity index (χ1n) is 6.07. The molecule has 3 N–H and O–H groups in total. The number of carboxylic acids is 1. The SMILES string of the molecule is CC1(C(=O)O)CCCCC1NC(=O)c1ccn[nH]1. The minimum atomic E-state index is -0.881. The average molecular weight is 251 g/mol. The minimum absolute atomic E-state index is 0.299. The number of carbonyl (C=O) groups excluding carboxylic acids is 1. The van der Waals surface area contributed by atoms with Gasteiger partial charge >= 0.3 is 5.97 Å². The van der Waals surface area contributed by atoms with E-state index in [0.29, 0.717) is 18.5 Å². The number of H-pyrrole nitrogens is 1. The highest BCUT2D eigenvalue weighted by Gasteiger charge is 2.43. The van der Waals surface area contributed by atoms with Gasteiger partial charge in [-0.2, -0.15) is 5.10 Å². The second-order valence-corrected chi connectivity index (χ2v) is 4.96. The topological polar surface area (TPSA) is 95.1 Å². The fraction of sp³-hybridized carbons (Fsp3) is 0.583.